The lowest BCUT2D eigenvalue weighted by molar-refractivity contribution is -0.144. The van der Waals surface area contributed by atoms with Gasteiger partial charge in [-0.3, -0.25) is 4.68 Å². The molecule has 4 rings (SSSR count). The van der Waals surface area contributed by atoms with Gasteiger partial charge in [-0.15, -0.1) is 0 Å². The quantitative estimate of drug-likeness (QED) is 0.511. The number of carboxylic acids is 1. The zero-order valence-electron chi connectivity index (χ0n) is 18.7. The molecule has 2 N–H and O–H groups in total. The van der Waals surface area contributed by atoms with Crippen LogP contribution in [-0.2, 0) is 16.1 Å². The number of carbonyl (C=O) groups is 2. The number of amides is 1. The Morgan fingerprint density at radius 3 is 2.36 bits per heavy atom. The van der Waals surface area contributed by atoms with Gasteiger partial charge in [-0.05, 0) is 35.6 Å². The molecule has 1 atom stereocenters. The van der Waals surface area contributed by atoms with Crippen LogP contribution in [0.15, 0.2) is 60.9 Å². The van der Waals surface area contributed by atoms with Crippen LogP contribution in [0.3, 0.4) is 0 Å². The molecule has 1 aromatic heterocycles. The molecule has 0 bridgehead atoms. The molecular weight excluding hydrogens is 422 g/mol. The van der Waals surface area contributed by atoms with Crippen LogP contribution in [0.4, 0.5) is 4.79 Å². The third-order valence-corrected chi connectivity index (χ3v) is 5.75. The number of alkyl carbamates (subject to hydrolysis) is 1. The Kier molecular flexibility index (Phi) is 6.35. The summed E-state index contributed by atoms with van der Waals surface area (Å²) in [6.07, 6.45) is 3.18. The van der Waals surface area contributed by atoms with Gasteiger partial charge in [0.15, 0.2) is 11.3 Å². The third kappa shape index (κ3) is 4.69. The molecule has 0 aliphatic heterocycles. The van der Waals surface area contributed by atoms with E-state index in [4.69, 9.17) is 9.47 Å². The Morgan fingerprint density at radius 2 is 1.76 bits per heavy atom. The van der Waals surface area contributed by atoms with E-state index in [1.54, 1.807) is 6.20 Å². The summed E-state index contributed by atoms with van der Waals surface area (Å²) in [5, 5.41) is 16.4. The molecule has 3 aromatic rings. The molecule has 1 unspecified atom stereocenters. The fourth-order valence-corrected chi connectivity index (χ4v) is 4.07. The van der Waals surface area contributed by atoms with Crippen LogP contribution in [0.2, 0.25) is 0 Å². The highest BCUT2D eigenvalue weighted by atomic mass is 16.5. The topological polar surface area (TPSA) is 103 Å². The minimum absolute atomic E-state index is 0.0813. The smallest absolute Gasteiger partial charge is 0.408 e. The summed E-state index contributed by atoms with van der Waals surface area (Å²) in [4.78, 5) is 24.6. The zero-order chi connectivity index (χ0) is 23.4. The molecule has 1 aliphatic carbocycles. The summed E-state index contributed by atoms with van der Waals surface area (Å²) < 4.78 is 12.4. The van der Waals surface area contributed by atoms with E-state index in [-0.39, 0.29) is 19.1 Å². The van der Waals surface area contributed by atoms with E-state index in [9.17, 15) is 14.7 Å². The number of carboxylic acid groups (broad SMARTS) is 1. The number of hydrogen-bond acceptors (Lipinski definition) is 5. The van der Waals surface area contributed by atoms with Gasteiger partial charge in [-0.25, -0.2) is 9.59 Å². The average Bonchev–Trinajstić information content (AvgIpc) is 3.38. The Hall–Kier alpha value is -3.81. The van der Waals surface area contributed by atoms with E-state index in [1.165, 1.54) is 17.8 Å². The van der Waals surface area contributed by atoms with Crippen LogP contribution in [-0.4, -0.2) is 45.7 Å². The van der Waals surface area contributed by atoms with Crippen LogP contribution >= 0.6 is 0 Å². The highest BCUT2D eigenvalue weighted by Crippen LogP contribution is 2.44. The van der Waals surface area contributed by atoms with E-state index >= 15 is 0 Å². The number of benzene rings is 2. The van der Waals surface area contributed by atoms with Crippen LogP contribution in [0, 0.1) is 0 Å². The predicted molar refractivity (Wildman–Crippen MR) is 122 cm³/mol. The molecule has 172 valence electrons. The lowest BCUT2D eigenvalue weighted by Gasteiger charge is -2.26. The van der Waals surface area contributed by atoms with Crippen molar-refractivity contribution in [3.63, 3.8) is 0 Å². The average molecular weight is 450 g/mol. The van der Waals surface area contributed by atoms with Crippen LogP contribution < -0.4 is 10.1 Å². The van der Waals surface area contributed by atoms with Crippen molar-refractivity contribution in [3.05, 3.63) is 72.1 Å². The second-order valence-corrected chi connectivity index (χ2v) is 8.31. The Morgan fingerprint density at radius 1 is 1.12 bits per heavy atom. The molecule has 1 aliphatic rings. The minimum Gasteiger partial charge on any atom is -0.490 e. The number of nitrogens with one attached hydrogen (secondary N) is 1. The van der Waals surface area contributed by atoms with Crippen molar-refractivity contribution in [2.75, 3.05) is 13.2 Å². The van der Waals surface area contributed by atoms with Gasteiger partial charge in [0, 0.05) is 5.92 Å². The molecule has 0 saturated carbocycles. The van der Waals surface area contributed by atoms with Crippen molar-refractivity contribution in [1.29, 1.82) is 0 Å². The van der Waals surface area contributed by atoms with Crippen molar-refractivity contribution >= 4 is 12.1 Å². The second-order valence-electron chi connectivity index (χ2n) is 8.31. The molecule has 8 heteroatoms. The van der Waals surface area contributed by atoms with Gasteiger partial charge in [-0.2, -0.15) is 5.10 Å². The summed E-state index contributed by atoms with van der Waals surface area (Å²) in [5.74, 6) is -0.753. The number of hydrogen-bond donors (Lipinski definition) is 2. The van der Waals surface area contributed by atoms with Gasteiger partial charge in [0.25, 0.3) is 0 Å². The molecule has 1 amide bonds. The first-order valence-electron chi connectivity index (χ1n) is 10.9. The number of aromatic nitrogens is 2. The summed E-state index contributed by atoms with van der Waals surface area (Å²) in [6.45, 7) is 3.98. The molecule has 1 heterocycles. The first-order valence-corrected chi connectivity index (χ1v) is 10.9. The maximum absolute atomic E-state index is 12.6. The van der Waals surface area contributed by atoms with Crippen molar-refractivity contribution in [2.45, 2.75) is 38.3 Å². The van der Waals surface area contributed by atoms with E-state index in [1.807, 2.05) is 43.3 Å². The van der Waals surface area contributed by atoms with Gasteiger partial charge in [0.05, 0.1) is 25.5 Å². The maximum Gasteiger partial charge on any atom is 0.408 e. The summed E-state index contributed by atoms with van der Waals surface area (Å²) >= 11 is 0. The fraction of sp³-hybridized carbons (Fsp3) is 0.320. The normalized spacial score (nSPS) is 14.1. The first kappa shape index (κ1) is 22.4. The predicted octanol–water partition coefficient (Wildman–Crippen LogP) is 4.05. The fourth-order valence-electron chi connectivity index (χ4n) is 4.07. The molecule has 0 spiro atoms. The zero-order valence-corrected chi connectivity index (χ0v) is 18.7. The van der Waals surface area contributed by atoms with Crippen molar-refractivity contribution < 1.29 is 24.2 Å². The van der Waals surface area contributed by atoms with Crippen LogP contribution in [0.5, 0.6) is 5.75 Å². The van der Waals surface area contributed by atoms with E-state index in [0.717, 1.165) is 28.7 Å². The summed E-state index contributed by atoms with van der Waals surface area (Å²) in [6, 6.07) is 16.0. The van der Waals surface area contributed by atoms with Crippen LogP contribution in [0.1, 0.15) is 37.3 Å². The molecule has 33 heavy (non-hydrogen) atoms. The number of ether oxygens (including phenoxy) is 2. The number of carbonyl (C=O) groups excluding carboxylic acids is 1. The van der Waals surface area contributed by atoms with Crippen molar-refractivity contribution in [3.8, 4) is 16.9 Å². The Balaban J connectivity index is 1.43. The van der Waals surface area contributed by atoms with Gasteiger partial charge in [0.2, 0.25) is 0 Å². The van der Waals surface area contributed by atoms with Gasteiger partial charge < -0.3 is 19.9 Å². The van der Waals surface area contributed by atoms with Crippen LogP contribution in [0.25, 0.3) is 11.1 Å². The van der Waals surface area contributed by atoms with Gasteiger partial charge >= 0.3 is 12.1 Å². The largest absolute Gasteiger partial charge is 0.490 e. The maximum atomic E-state index is 12.6. The van der Waals surface area contributed by atoms with Gasteiger partial charge in [0.1, 0.15) is 6.61 Å². The highest BCUT2D eigenvalue weighted by Gasteiger charge is 2.37. The lowest BCUT2D eigenvalue weighted by Crippen LogP contribution is -2.55. The Labute approximate surface area is 192 Å². The number of nitrogens with zero attached hydrogens (tertiary/aromatic N) is 2. The number of aliphatic carboxylic acids is 1. The molecule has 0 fully saturated rings. The van der Waals surface area contributed by atoms with Gasteiger partial charge in [-0.1, -0.05) is 55.5 Å². The number of fused-ring (bicyclic) bond motifs is 3. The highest BCUT2D eigenvalue weighted by molar-refractivity contribution is 5.84. The number of rotatable bonds is 9. The minimum atomic E-state index is -1.61. The summed E-state index contributed by atoms with van der Waals surface area (Å²) in [7, 11) is 0. The Bertz CT molecular complexity index is 1110. The van der Waals surface area contributed by atoms with E-state index in [0.29, 0.717) is 12.4 Å². The first-order chi connectivity index (χ1) is 15.9. The third-order valence-electron chi connectivity index (χ3n) is 5.75. The SMILES string of the molecule is CCCOc1cnn(CC(C)(NC(=O)OCC2c3ccccc3-c3ccccc32)C(=O)O)c1. The monoisotopic (exact) mass is 449 g/mol. The standard InChI is InChI=1S/C25H27N3O5/c1-3-12-32-17-13-26-28(14-17)16-25(2,23(29)30)27-24(31)33-15-22-20-10-6-4-8-18(20)19-9-5-7-11-21(19)22/h4-11,13-14,22H,3,12,15-16H2,1-2H3,(H,27,31)(H,29,30). The molecular formula is C25H27N3O5. The molecule has 2 aromatic carbocycles. The molecule has 0 radical (unpaired) electrons. The van der Waals surface area contributed by atoms with E-state index < -0.39 is 17.6 Å². The molecule has 0 saturated heterocycles. The second kappa shape index (κ2) is 9.36. The summed E-state index contributed by atoms with van der Waals surface area (Å²) in [5.41, 5.74) is 2.80. The lowest BCUT2D eigenvalue weighted by atomic mass is 9.98. The molecule has 8 nitrogen and oxygen atoms in total. The van der Waals surface area contributed by atoms with E-state index in [2.05, 4.69) is 22.5 Å². The van der Waals surface area contributed by atoms with Crippen molar-refractivity contribution in [2.24, 2.45) is 0 Å². The van der Waals surface area contributed by atoms with Crippen molar-refractivity contribution in [1.82, 2.24) is 15.1 Å².